The second kappa shape index (κ2) is 11.4. The SMILES string of the molecule is CCC(C)(C)C(CC(C)(C)C(C)(C)CC(CC(C)(C)C)C(=O)OCCCl)c1ccccc1. The van der Waals surface area contributed by atoms with Crippen molar-refractivity contribution >= 4 is 17.6 Å². The lowest BCUT2D eigenvalue weighted by atomic mass is 9.56. The molecule has 2 atom stereocenters. The van der Waals surface area contributed by atoms with Gasteiger partial charge in [0, 0.05) is 0 Å². The Morgan fingerprint density at radius 2 is 1.41 bits per heavy atom. The predicted molar refractivity (Wildman–Crippen MR) is 139 cm³/mol. The number of carbonyl (C=O) groups excluding carboxylic acids is 1. The molecule has 0 N–H and O–H groups in total. The Morgan fingerprint density at radius 1 is 0.875 bits per heavy atom. The lowest BCUT2D eigenvalue weighted by Gasteiger charge is -2.48. The molecular weight excluding hydrogens is 416 g/mol. The minimum Gasteiger partial charge on any atom is -0.464 e. The van der Waals surface area contributed by atoms with Crippen LogP contribution in [0.15, 0.2) is 30.3 Å². The quantitative estimate of drug-likeness (QED) is 0.228. The zero-order valence-corrected chi connectivity index (χ0v) is 23.2. The van der Waals surface area contributed by atoms with Crippen molar-refractivity contribution in [3.8, 4) is 0 Å². The summed E-state index contributed by atoms with van der Waals surface area (Å²) in [6.07, 6.45) is 3.83. The number of hydrogen-bond donors (Lipinski definition) is 0. The molecule has 1 aromatic rings. The summed E-state index contributed by atoms with van der Waals surface area (Å²) in [4.78, 5) is 13.0. The van der Waals surface area contributed by atoms with Crippen LogP contribution >= 0.6 is 11.6 Å². The molecule has 0 saturated carbocycles. The average Bonchev–Trinajstić information content (AvgIpc) is 2.68. The van der Waals surface area contributed by atoms with E-state index in [-0.39, 0.29) is 40.2 Å². The number of benzene rings is 1. The maximum absolute atomic E-state index is 13.0. The molecule has 1 rings (SSSR count). The summed E-state index contributed by atoms with van der Waals surface area (Å²) in [6, 6.07) is 10.9. The lowest BCUT2D eigenvalue weighted by Crippen LogP contribution is -2.40. The van der Waals surface area contributed by atoms with E-state index in [4.69, 9.17) is 16.3 Å². The van der Waals surface area contributed by atoms with Gasteiger partial charge in [-0.25, -0.2) is 0 Å². The molecule has 0 heterocycles. The van der Waals surface area contributed by atoms with Gasteiger partial charge in [0.2, 0.25) is 0 Å². The highest BCUT2D eigenvalue weighted by Crippen LogP contribution is 2.53. The first-order valence-corrected chi connectivity index (χ1v) is 12.9. The molecule has 0 bridgehead atoms. The molecule has 0 aromatic heterocycles. The van der Waals surface area contributed by atoms with E-state index in [9.17, 15) is 4.79 Å². The number of esters is 1. The maximum Gasteiger partial charge on any atom is 0.309 e. The van der Waals surface area contributed by atoms with Crippen LogP contribution in [0.3, 0.4) is 0 Å². The minimum absolute atomic E-state index is 0.0306. The van der Waals surface area contributed by atoms with Gasteiger partial charge in [-0.15, -0.1) is 11.6 Å². The zero-order valence-electron chi connectivity index (χ0n) is 22.5. The largest absolute Gasteiger partial charge is 0.464 e. The Labute approximate surface area is 203 Å². The third-order valence-corrected chi connectivity index (χ3v) is 8.03. The number of rotatable bonds is 12. The van der Waals surface area contributed by atoms with Crippen molar-refractivity contribution in [1.29, 1.82) is 0 Å². The van der Waals surface area contributed by atoms with Crippen molar-refractivity contribution in [2.75, 3.05) is 12.5 Å². The molecule has 2 nitrogen and oxygen atoms in total. The average molecular weight is 465 g/mol. The van der Waals surface area contributed by atoms with Gasteiger partial charge < -0.3 is 4.74 Å². The molecule has 0 fully saturated rings. The predicted octanol–water partition coefficient (Wildman–Crippen LogP) is 8.87. The van der Waals surface area contributed by atoms with Gasteiger partial charge in [-0.1, -0.05) is 106 Å². The van der Waals surface area contributed by atoms with Crippen LogP contribution in [0.4, 0.5) is 0 Å². The van der Waals surface area contributed by atoms with Crippen molar-refractivity contribution in [3.05, 3.63) is 35.9 Å². The number of halogens is 1. The van der Waals surface area contributed by atoms with E-state index < -0.39 is 0 Å². The Balaban J connectivity index is 3.21. The van der Waals surface area contributed by atoms with Gasteiger partial charge in [0.15, 0.2) is 0 Å². The lowest BCUT2D eigenvalue weighted by molar-refractivity contribution is -0.151. The smallest absolute Gasteiger partial charge is 0.309 e. The molecule has 3 heteroatoms. The number of ether oxygens (including phenoxy) is 1. The first-order valence-electron chi connectivity index (χ1n) is 12.3. The molecule has 2 unspecified atom stereocenters. The number of alkyl halides is 1. The van der Waals surface area contributed by atoms with E-state index in [1.54, 1.807) is 0 Å². The third kappa shape index (κ3) is 8.40. The number of hydrogen-bond acceptors (Lipinski definition) is 2. The summed E-state index contributed by atoms with van der Waals surface area (Å²) in [5.41, 5.74) is 1.65. The van der Waals surface area contributed by atoms with Crippen LogP contribution in [0.2, 0.25) is 0 Å². The second-order valence-corrected chi connectivity index (χ2v) is 13.2. The zero-order chi connectivity index (χ0) is 24.8. The van der Waals surface area contributed by atoms with Gasteiger partial charge in [-0.05, 0) is 52.4 Å². The van der Waals surface area contributed by atoms with Gasteiger partial charge in [-0.2, -0.15) is 0 Å². The van der Waals surface area contributed by atoms with Crippen LogP contribution < -0.4 is 0 Å². The van der Waals surface area contributed by atoms with Crippen LogP contribution in [0.5, 0.6) is 0 Å². The van der Waals surface area contributed by atoms with E-state index in [0.717, 1.165) is 25.7 Å². The van der Waals surface area contributed by atoms with E-state index in [0.29, 0.717) is 11.8 Å². The summed E-state index contributed by atoms with van der Waals surface area (Å²) in [5, 5.41) is 0. The van der Waals surface area contributed by atoms with Crippen LogP contribution in [0.25, 0.3) is 0 Å². The van der Waals surface area contributed by atoms with E-state index in [1.807, 2.05) is 0 Å². The summed E-state index contributed by atoms with van der Waals surface area (Å²) in [5.74, 6) is 0.570. The summed E-state index contributed by atoms with van der Waals surface area (Å²) in [6.45, 7) is 23.4. The molecule has 32 heavy (non-hydrogen) atoms. The molecule has 1 aromatic carbocycles. The fourth-order valence-corrected chi connectivity index (χ4v) is 4.77. The Hall–Kier alpha value is -1.02. The maximum atomic E-state index is 13.0. The van der Waals surface area contributed by atoms with Crippen molar-refractivity contribution in [2.45, 2.75) is 101 Å². The third-order valence-electron chi connectivity index (χ3n) is 7.87. The van der Waals surface area contributed by atoms with Crippen LogP contribution in [0.1, 0.15) is 106 Å². The Bertz CT molecular complexity index is 698. The highest BCUT2D eigenvalue weighted by molar-refractivity contribution is 6.18. The fourth-order valence-electron chi connectivity index (χ4n) is 4.69. The van der Waals surface area contributed by atoms with E-state index in [2.05, 4.69) is 99.6 Å². The number of carbonyl (C=O) groups is 1. The molecule has 0 aliphatic carbocycles. The van der Waals surface area contributed by atoms with Crippen molar-refractivity contribution < 1.29 is 9.53 Å². The van der Waals surface area contributed by atoms with Crippen LogP contribution in [-0.4, -0.2) is 18.5 Å². The minimum atomic E-state index is -0.123. The molecule has 184 valence electrons. The monoisotopic (exact) mass is 464 g/mol. The van der Waals surface area contributed by atoms with Gasteiger partial charge >= 0.3 is 5.97 Å². The highest BCUT2D eigenvalue weighted by atomic mass is 35.5. The van der Waals surface area contributed by atoms with E-state index >= 15 is 0 Å². The Morgan fingerprint density at radius 3 is 1.88 bits per heavy atom. The molecule has 0 aliphatic rings. The van der Waals surface area contributed by atoms with Crippen LogP contribution in [-0.2, 0) is 9.53 Å². The topological polar surface area (TPSA) is 26.3 Å². The summed E-state index contributed by atoms with van der Waals surface area (Å²) in [7, 11) is 0. The molecule has 0 saturated heterocycles. The van der Waals surface area contributed by atoms with Crippen LogP contribution in [0, 0.1) is 27.6 Å². The first kappa shape index (κ1) is 29.0. The normalized spacial score (nSPS) is 15.3. The molecule has 0 radical (unpaired) electrons. The first-order chi connectivity index (χ1) is 14.6. The van der Waals surface area contributed by atoms with Gasteiger partial charge in [0.1, 0.15) is 6.61 Å². The fraction of sp³-hybridized carbons (Fsp3) is 0.759. The molecular formula is C29H49ClO2. The molecule has 0 aliphatic heterocycles. The highest BCUT2D eigenvalue weighted by Gasteiger charge is 2.44. The summed E-state index contributed by atoms with van der Waals surface area (Å²) >= 11 is 5.78. The van der Waals surface area contributed by atoms with Crippen molar-refractivity contribution in [3.63, 3.8) is 0 Å². The van der Waals surface area contributed by atoms with E-state index in [1.165, 1.54) is 5.56 Å². The van der Waals surface area contributed by atoms with Crippen molar-refractivity contribution in [1.82, 2.24) is 0 Å². The standard InChI is InChI=1S/C29H49ClO2/c1-11-27(5,6)24(22-15-13-12-14-16-22)21-29(9,10)28(7,8)20-23(19-26(2,3)4)25(31)32-18-17-30/h12-16,23-24H,11,17-21H2,1-10H3. The van der Waals surface area contributed by atoms with Crippen molar-refractivity contribution in [2.24, 2.45) is 27.6 Å². The van der Waals surface area contributed by atoms with Gasteiger partial charge in [-0.3, -0.25) is 4.79 Å². The van der Waals surface area contributed by atoms with Gasteiger partial charge in [0.05, 0.1) is 11.8 Å². The second-order valence-electron chi connectivity index (χ2n) is 12.8. The molecule has 0 amide bonds. The summed E-state index contributed by atoms with van der Waals surface area (Å²) < 4.78 is 5.51. The molecule has 0 spiro atoms. The Kier molecular flexibility index (Phi) is 10.3. The van der Waals surface area contributed by atoms with Gasteiger partial charge in [0.25, 0.3) is 0 Å².